The number of aromatic amines is 1. The Kier molecular flexibility index (Phi) is 5.85. The molecule has 0 unspecified atom stereocenters. The Morgan fingerprint density at radius 1 is 1.13 bits per heavy atom. The molecule has 2 aliphatic rings. The lowest BCUT2D eigenvalue weighted by Gasteiger charge is -2.37. The number of piperidine rings is 1. The quantitative estimate of drug-likeness (QED) is 0.398. The Hall–Kier alpha value is -1.81. The molecule has 0 radical (unpaired) electrons. The lowest BCUT2D eigenvalue weighted by atomic mass is 10.0. The maximum absolute atomic E-state index is 13.8. The fourth-order valence-corrected chi connectivity index (χ4v) is 5.04. The van der Waals surface area contributed by atoms with Crippen molar-refractivity contribution in [2.45, 2.75) is 25.9 Å². The number of H-pyrrole nitrogens is 1. The molecule has 0 atom stereocenters. The number of amides is 1. The van der Waals surface area contributed by atoms with Crippen LogP contribution in [0.1, 0.15) is 35.3 Å². The molecule has 2 aliphatic heterocycles. The van der Waals surface area contributed by atoms with E-state index in [4.69, 9.17) is 27.9 Å². The van der Waals surface area contributed by atoms with Crippen LogP contribution in [0.2, 0.25) is 10.0 Å². The molecule has 160 valence electrons. The summed E-state index contributed by atoms with van der Waals surface area (Å²) in [5.74, 6) is 0.566. The predicted octanol–water partition coefficient (Wildman–Crippen LogP) is 5.93. The molecule has 1 N–H and O–H groups in total. The van der Waals surface area contributed by atoms with Gasteiger partial charge in [0, 0.05) is 32.8 Å². The number of rotatable bonds is 3. The number of ether oxygens (including phenoxy) is 1. The predicted molar refractivity (Wildman–Crippen MR) is 130 cm³/mol. The van der Waals surface area contributed by atoms with E-state index in [1.165, 1.54) is 0 Å². The highest BCUT2D eigenvalue weighted by Crippen LogP contribution is 2.39. The lowest BCUT2D eigenvalue weighted by molar-refractivity contribution is 0.0865. The van der Waals surface area contributed by atoms with Crippen molar-refractivity contribution in [1.82, 2.24) is 15.2 Å². The van der Waals surface area contributed by atoms with Crippen LogP contribution in [0.4, 0.5) is 5.69 Å². The number of hydrogen-bond acceptors (Lipinski definition) is 4. The van der Waals surface area contributed by atoms with E-state index in [1.54, 1.807) is 23.2 Å². The number of benzene rings is 2. The van der Waals surface area contributed by atoms with Gasteiger partial charge in [-0.3, -0.25) is 9.89 Å². The van der Waals surface area contributed by atoms with Gasteiger partial charge in [-0.25, -0.2) is 10.0 Å². The Bertz CT molecular complexity index is 1160. The molecule has 0 bridgehead atoms. The minimum atomic E-state index is -0.211. The largest absolute Gasteiger partial charge is 0.488 e. The van der Waals surface area contributed by atoms with E-state index in [0.717, 1.165) is 58.5 Å². The number of carbonyl (C=O) groups is 1. The smallest absolute Gasteiger partial charge is 0.291 e. The zero-order chi connectivity index (χ0) is 21.5. The Morgan fingerprint density at radius 3 is 2.71 bits per heavy atom. The lowest BCUT2D eigenvalue weighted by Crippen LogP contribution is -2.49. The minimum Gasteiger partial charge on any atom is -0.488 e. The van der Waals surface area contributed by atoms with Gasteiger partial charge in [0.25, 0.3) is 5.91 Å². The number of nitrogens with zero attached hydrogens (tertiary/aromatic N) is 3. The molecule has 3 aromatic rings. The zero-order valence-corrected chi connectivity index (χ0v) is 20.2. The van der Waals surface area contributed by atoms with Crippen LogP contribution in [-0.2, 0) is 6.61 Å². The van der Waals surface area contributed by atoms with Gasteiger partial charge in [-0.1, -0.05) is 29.6 Å². The van der Waals surface area contributed by atoms with Crippen molar-refractivity contribution < 1.29 is 9.53 Å². The first-order valence-electron chi connectivity index (χ1n) is 10.1. The summed E-state index contributed by atoms with van der Waals surface area (Å²) < 4.78 is 7.04. The van der Waals surface area contributed by atoms with Gasteiger partial charge in [0.2, 0.25) is 0 Å². The van der Waals surface area contributed by atoms with E-state index >= 15 is 0 Å². The molecule has 9 heteroatoms. The second kappa shape index (κ2) is 8.61. The van der Waals surface area contributed by atoms with Gasteiger partial charge in [0.05, 0.1) is 10.7 Å². The number of halogens is 3. The molecule has 5 rings (SSSR count). The highest BCUT2D eigenvalue weighted by Gasteiger charge is 2.33. The van der Waals surface area contributed by atoms with Gasteiger partial charge in [-0.2, -0.15) is 5.10 Å². The van der Waals surface area contributed by atoms with E-state index < -0.39 is 0 Å². The minimum absolute atomic E-state index is 0.211. The summed E-state index contributed by atoms with van der Waals surface area (Å²) in [6.07, 6.45) is 3.19. The van der Waals surface area contributed by atoms with Crippen LogP contribution in [0.25, 0.3) is 11.3 Å². The number of nitrogens with one attached hydrogen (secondary N) is 1. The van der Waals surface area contributed by atoms with E-state index in [9.17, 15) is 4.79 Å². The molecule has 0 saturated carbocycles. The molecule has 2 aromatic carbocycles. The van der Waals surface area contributed by atoms with Crippen LogP contribution in [0, 0.1) is 3.57 Å². The Morgan fingerprint density at radius 2 is 1.94 bits per heavy atom. The highest BCUT2D eigenvalue weighted by atomic mass is 127. The summed E-state index contributed by atoms with van der Waals surface area (Å²) in [5, 5.41) is 12.1. The first-order valence-corrected chi connectivity index (χ1v) is 11.9. The van der Waals surface area contributed by atoms with Gasteiger partial charge < -0.3 is 4.74 Å². The normalized spacial score (nSPS) is 15.7. The van der Waals surface area contributed by atoms with Crippen LogP contribution >= 0.6 is 45.8 Å². The second-order valence-corrected chi connectivity index (χ2v) is 9.67. The summed E-state index contributed by atoms with van der Waals surface area (Å²) >= 11 is 14.9. The van der Waals surface area contributed by atoms with Crippen molar-refractivity contribution in [3.05, 3.63) is 61.3 Å². The van der Waals surface area contributed by atoms with Crippen LogP contribution in [0.3, 0.4) is 0 Å². The SMILES string of the molecule is O=C(c1[nH]nc2c1COc1cc(I)ccc1-2)N(c1ccc(Cl)cc1Cl)N1CCCCC1. The summed E-state index contributed by atoms with van der Waals surface area (Å²) in [4.78, 5) is 13.8. The van der Waals surface area contributed by atoms with E-state index in [1.807, 2.05) is 23.2 Å². The fourth-order valence-electron chi connectivity index (χ4n) is 4.09. The standard InChI is InChI=1S/C22H19Cl2IN4O2/c23-13-4-7-18(17(24)10-13)29(28-8-2-1-3-9-28)22(30)21-16-12-31-19-11-14(25)5-6-15(19)20(16)26-27-21/h4-7,10-11H,1-3,8-9,12H2,(H,26,27). The van der Waals surface area contributed by atoms with Crippen molar-refractivity contribution in [1.29, 1.82) is 0 Å². The van der Waals surface area contributed by atoms with Crippen LogP contribution in [0.15, 0.2) is 36.4 Å². The molecular formula is C22H19Cl2IN4O2. The number of aromatic nitrogens is 2. The molecule has 1 aromatic heterocycles. The maximum atomic E-state index is 13.8. The monoisotopic (exact) mass is 568 g/mol. The van der Waals surface area contributed by atoms with Crippen molar-refractivity contribution in [2.24, 2.45) is 0 Å². The molecular weight excluding hydrogens is 550 g/mol. The molecule has 6 nitrogen and oxygen atoms in total. The van der Waals surface area contributed by atoms with Gasteiger partial charge in [-0.05, 0) is 71.8 Å². The summed E-state index contributed by atoms with van der Waals surface area (Å²) in [6.45, 7) is 1.83. The zero-order valence-electron chi connectivity index (χ0n) is 16.5. The molecule has 1 saturated heterocycles. The van der Waals surface area contributed by atoms with E-state index in [-0.39, 0.29) is 12.5 Å². The second-order valence-electron chi connectivity index (χ2n) is 7.58. The third-order valence-corrected chi connectivity index (χ3v) is 6.81. The van der Waals surface area contributed by atoms with Crippen molar-refractivity contribution in [3.63, 3.8) is 0 Å². The fraction of sp³-hybridized carbons (Fsp3) is 0.273. The van der Waals surface area contributed by atoms with E-state index in [2.05, 4.69) is 32.8 Å². The Balaban J connectivity index is 1.57. The van der Waals surface area contributed by atoms with Gasteiger partial charge in [0.1, 0.15) is 23.7 Å². The van der Waals surface area contributed by atoms with Crippen molar-refractivity contribution >= 4 is 57.4 Å². The summed E-state index contributed by atoms with van der Waals surface area (Å²) in [5.41, 5.74) is 3.41. The Labute approximate surface area is 203 Å². The first-order chi connectivity index (χ1) is 15.0. The summed E-state index contributed by atoms with van der Waals surface area (Å²) in [6, 6.07) is 11.1. The average molecular weight is 569 g/mol. The van der Waals surface area contributed by atoms with Gasteiger partial charge in [0.15, 0.2) is 0 Å². The van der Waals surface area contributed by atoms with Gasteiger partial charge >= 0.3 is 0 Å². The molecule has 0 aliphatic carbocycles. The molecule has 0 spiro atoms. The van der Waals surface area contributed by atoms with Crippen molar-refractivity contribution in [3.8, 4) is 17.0 Å². The van der Waals surface area contributed by atoms with Crippen LogP contribution in [-0.4, -0.2) is 34.2 Å². The van der Waals surface area contributed by atoms with Crippen LogP contribution < -0.4 is 9.75 Å². The molecule has 1 fully saturated rings. The number of fused-ring (bicyclic) bond motifs is 3. The van der Waals surface area contributed by atoms with Gasteiger partial charge in [-0.15, -0.1) is 0 Å². The first kappa shape index (κ1) is 21.1. The van der Waals surface area contributed by atoms with Crippen LogP contribution in [0.5, 0.6) is 5.75 Å². The molecule has 3 heterocycles. The maximum Gasteiger partial charge on any atom is 0.291 e. The highest BCUT2D eigenvalue weighted by molar-refractivity contribution is 14.1. The van der Waals surface area contributed by atoms with E-state index in [0.29, 0.717) is 21.4 Å². The summed E-state index contributed by atoms with van der Waals surface area (Å²) in [7, 11) is 0. The van der Waals surface area contributed by atoms with Crippen molar-refractivity contribution in [2.75, 3.05) is 18.1 Å². The number of anilines is 1. The average Bonchev–Trinajstić information content (AvgIpc) is 3.20. The number of hydrazine groups is 1. The molecule has 31 heavy (non-hydrogen) atoms. The number of hydrogen-bond donors (Lipinski definition) is 1. The third kappa shape index (κ3) is 3.92. The number of carbonyl (C=O) groups excluding carboxylic acids is 1. The topological polar surface area (TPSA) is 61.5 Å². The molecule has 1 amide bonds. The third-order valence-electron chi connectivity index (χ3n) is 5.60.